The molecule has 1 fully saturated rings. The number of hydrogen-bond acceptors (Lipinski definition) is 6. The van der Waals surface area contributed by atoms with Crippen LogP contribution < -0.4 is 5.32 Å². The predicted octanol–water partition coefficient (Wildman–Crippen LogP) is 2.59. The highest BCUT2D eigenvalue weighted by Crippen LogP contribution is 2.29. The minimum atomic E-state index is -4.70. The van der Waals surface area contributed by atoms with Crippen molar-refractivity contribution < 1.29 is 27.2 Å². The molecule has 0 saturated carbocycles. The molecular weight excluding hydrogens is 377 g/mol. The maximum Gasteiger partial charge on any atom is 0.471 e. The van der Waals surface area contributed by atoms with Crippen LogP contribution in [0.5, 0.6) is 0 Å². The first-order valence-corrected chi connectivity index (χ1v) is 8.89. The zero-order valence-electron chi connectivity index (χ0n) is 15.5. The van der Waals surface area contributed by atoms with Crippen molar-refractivity contribution in [3.05, 3.63) is 35.7 Å². The van der Waals surface area contributed by atoms with E-state index in [9.17, 15) is 18.0 Å². The van der Waals surface area contributed by atoms with E-state index in [1.165, 1.54) is 24.3 Å². The smallest absolute Gasteiger partial charge is 0.379 e. The summed E-state index contributed by atoms with van der Waals surface area (Å²) in [5.74, 6) is -1.85. The van der Waals surface area contributed by atoms with Gasteiger partial charge in [-0.3, -0.25) is 9.69 Å². The number of carbonyl (C=O) groups excluding carboxylic acids is 1. The normalized spacial score (nSPS) is 17.9. The van der Waals surface area contributed by atoms with Crippen molar-refractivity contribution >= 4 is 5.91 Å². The van der Waals surface area contributed by atoms with Crippen molar-refractivity contribution in [3.63, 3.8) is 0 Å². The van der Waals surface area contributed by atoms with Gasteiger partial charge in [0.15, 0.2) is 0 Å². The molecule has 1 amide bonds. The highest BCUT2D eigenvalue weighted by atomic mass is 19.4. The molecule has 0 spiro atoms. The Labute approximate surface area is 159 Å². The number of carbonyl (C=O) groups is 1. The van der Waals surface area contributed by atoms with Gasteiger partial charge in [-0.15, -0.1) is 0 Å². The zero-order valence-corrected chi connectivity index (χ0v) is 15.5. The van der Waals surface area contributed by atoms with Crippen LogP contribution in [0, 0.1) is 0 Å². The number of amides is 1. The third-order valence-corrected chi connectivity index (χ3v) is 4.78. The molecule has 2 heterocycles. The van der Waals surface area contributed by atoms with Crippen LogP contribution in [0.1, 0.15) is 30.1 Å². The summed E-state index contributed by atoms with van der Waals surface area (Å²) in [4.78, 5) is 18.1. The third-order valence-electron chi connectivity index (χ3n) is 4.78. The molecule has 1 aliphatic rings. The molecule has 152 valence electrons. The number of hydrogen-bond donors (Lipinski definition) is 1. The number of aromatic nitrogens is 2. The van der Waals surface area contributed by atoms with Crippen molar-refractivity contribution in [3.8, 4) is 11.4 Å². The van der Waals surface area contributed by atoms with E-state index in [4.69, 9.17) is 4.74 Å². The number of halogens is 3. The van der Waals surface area contributed by atoms with Gasteiger partial charge in [-0.1, -0.05) is 17.3 Å². The summed E-state index contributed by atoms with van der Waals surface area (Å²) in [5.41, 5.74) is 0.717. The average Bonchev–Trinajstić information content (AvgIpc) is 3.19. The van der Waals surface area contributed by atoms with E-state index in [0.29, 0.717) is 24.3 Å². The zero-order chi connectivity index (χ0) is 20.3. The molecule has 2 aromatic rings. The Hall–Kier alpha value is -2.46. The Morgan fingerprint density at radius 2 is 1.82 bits per heavy atom. The standard InChI is InChI=1S/C18H21F3N4O3/c1-11(12(2)25-7-9-27-10-8-25)22-16(26)14-5-3-13(4-6-14)15-23-17(28-24-15)18(19,20)21/h3-6,11-12H,7-10H2,1-2H3,(H,22,26). The maximum absolute atomic E-state index is 12.5. The minimum absolute atomic E-state index is 0.0863. The Morgan fingerprint density at radius 3 is 2.39 bits per heavy atom. The van der Waals surface area contributed by atoms with Gasteiger partial charge in [-0.2, -0.15) is 18.2 Å². The van der Waals surface area contributed by atoms with Crippen LogP contribution in [-0.2, 0) is 10.9 Å². The second-order valence-electron chi connectivity index (χ2n) is 6.65. The second kappa shape index (κ2) is 8.27. The number of benzene rings is 1. The van der Waals surface area contributed by atoms with E-state index in [-0.39, 0.29) is 23.8 Å². The summed E-state index contributed by atoms with van der Waals surface area (Å²) in [5, 5.41) is 6.28. The molecule has 1 aliphatic heterocycles. The fourth-order valence-corrected chi connectivity index (χ4v) is 2.94. The molecule has 1 saturated heterocycles. The molecule has 28 heavy (non-hydrogen) atoms. The lowest BCUT2D eigenvalue weighted by Gasteiger charge is -2.35. The third kappa shape index (κ3) is 4.68. The average molecular weight is 398 g/mol. The number of morpholine rings is 1. The number of nitrogens with zero attached hydrogens (tertiary/aromatic N) is 3. The van der Waals surface area contributed by atoms with Gasteiger partial charge in [0.2, 0.25) is 5.82 Å². The summed E-state index contributed by atoms with van der Waals surface area (Å²) < 4.78 is 47.2. The Balaban J connectivity index is 1.62. The van der Waals surface area contributed by atoms with Crippen molar-refractivity contribution in [1.82, 2.24) is 20.4 Å². The van der Waals surface area contributed by atoms with Gasteiger partial charge in [-0.25, -0.2) is 0 Å². The summed E-state index contributed by atoms with van der Waals surface area (Å²) in [7, 11) is 0. The second-order valence-corrected chi connectivity index (χ2v) is 6.65. The van der Waals surface area contributed by atoms with Crippen LogP contribution >= 0.6 is 0 Å². The molecule has 0 aliphatic carbocycles. The molecule has 2 unspecified atom stereocenters. The van der Waals surface area contributed by atoms with Gasteiger partial charge in [0.25, 0.3) is 5.91 Å². The molecule has 1 N–H and O–H groups in total. The lowest BCUT2D eigenvalue weighted by atomic mass is 10.1. The number of ether oxygens (including phenoxy) is 1. The van der Waals surface area contributed by atoms with Gasteiger partial charge < -0.3 is 14.6 Å². The topological polar surface area (TPSA) is 80.5 Å². The molecule has 1 aromatic heterocycles. The first kappa shape index (κ1) is 20.3. The fourth-order valence-electron chi connectivity index (χ4n) is 2.94. The predicted molar refractivity (Wildman–Crippen MR) is 93.5 cm³/mol. The minimum Gasteiger partial charge on any atom is -0.379 e. The Morgan fingerprint density at radius 1 is 1.18 bits per heavy atom. The quantitative estimate of drug-likeness (QED) is 0.834. The number of alkyl halides is 3. The first-order valence-electron chi connectivity index (χ1n) is 8.89. The number of rotatable bonds is 5. The van der Waals surface area contributed by atoms with Gasteiger partial charge in [0.1, 0.15) is 0 Å². The number of nitrogens with one attached hydrogen (secondary N) is 1. The maximum atomic E-state index is 12.5. The summed E-state index contributed by atoms with van der Waals surface area (Å²) in [6, 6.07) is 6.05. The van der Waals surface area contributed by atoms with E-state index in [2.05, 4.69) is 24.9 Å². The first-order chi connectivity index (χ1) is 13.3. The Kier molecular flexibility index (Phi) is 5.99. The van der Waals surface area contributed by atoms with Crippen molar-refractivity contribution in [2.24, 2.45) is 0 Å². The van der Waals surface area contributed by atoms with E-state index in [1.807, 2.05) is 13.8 Å². The van der Waals surface area contributed by atoms with Crippen LogP contribution in [0.4, 0.5) is 13.2 Å². The van der Waals surface area contributed by atoms with Gasteiger partial charge in [-0.05, 0) is 26.0 Å². The monoisotopic (exact) mass is 398 g/mol. The molecule has 0 bridgehead atoms. The van der Waals surface area contributed by atoms with Crippen LogP contribution in [-0.4, -0.2) is 59.3 Å². The SMILES string of the molecule is CC(NC(=O)c1ccc(-c2noc(C(F)(F)F)n2)cc1)C(C)N1CCOCC1. The highest BCUT2D eigenvalue weighted by Gasteiger charge is 2.38. The van der Waals surface area contributed by atoms with Crippen LogP contribution in [0.3, 0.4) is 0 Å². The summed E-state index contributed by atoms with van der Waals surface area (Å²) in [6.07, 6.45) is -4.70. The van der Waals surface area contributed by atoms with E-state index >= 15 is 0 Å². The van der Waals surface area contributed by atoms with Crippen molar-refractivity contribution in [2.75, 3.05) is 26.3 Å². The van der Waals surface area contributed by atoms with Crippen molar-refractivity contribution in [1.29, 1.82) is 0 Å². The van der Waals surface area contributed by atoms with Gasteiger partial charge >= 0.3 is 12.1 Å². The van der Waals surface area contributed by atoms with E-state index in [1.54, 1.807) is 0 Å². The molecule has 2 atom stereocenters. The molecule has 7 nitrogen and oxygen atoms in total. The Bertz CT molecular complexity index is 801. The largest absolute Gasteiger partial charge is 0.471 e. The van der Waals surface area contributed by atoms with Crippen LogP contribution in [0.25, 0.3) is 11.4 Å². The lowest BCUT2D eigenvalue weighted by Crippen LogP contribution is -2.52. The van der Waals surface area contributed by atoms with E-state index < -0.39 is 12.1 Å². The van der Waals surface area contributed by atoms with E-state index in [0.717, 1.165) is 13.1 Å². The molecule has 10 heteroatoms. The summed E-state index contributed by atoms with van der Waals surface area (Å²) >= 11 is 0. The lowest BCUT2D eigenvalue weighted by molar-refractivity contribution is -0.159. The molecule has 3 rings (SSSR count). The van der Waals surface area contributed by atoms with Crippen LogP contribution in [0.2, 0.25) is 0 Å². The van der Waals surface area contributed by atoms with Gasteiger partial charge in [0, 0.05) is 36.3 Å². The van der Waals surface area contributed by atoms with Crippen molar-refractivity contribution in [2.45, 2.75) is 32.1 Å². The van der Waals surface area contributed by atoms with Gasteiger partial charge in [0.05, 0.1) is 13.2 Å². The molecule has 1 aromatic carbocycles. The summed E-state index contributed by atoms with van der Waals surface area (Å²) in [6.45, 7) is 6.98. The molecular formula is C18H21F3N4O3. The fraction of sp³-hybridized carbons (Fsp3) is 0.500. The molecule has 0 radical (unpaired) electrons. The highest BCUT2D eigenvalue weighted by molar-refractivity contribution is 5.94. The van der Waals surface area contributed by atoms with Crippen LogP contribution in [0.15, 0.2) is 28.8 Å².